The highest BCUT2D eigenvalue weighted by atomic mass is 16.5. The molecule has 3 aromatic heterocycles. The van der Waals surface area contributed by atoms with Crippen LogP contribution in [0.2, 0.25) is 0 Å². The Morgan fingerprint density at radius 2 is 2.08 bits per heavy atom. The first kappa shape index (κ1) is 15.3. The lowest BCUT2D eigenvalue weighted by atomic mass is 10.0. The second kappa shape index (κ2) is 6.08. The van der Waals surface area contributed by atoms with E-state index in [1.54, 1.807) is 19.4 Å². The quantitative estimate of drug-likeness (QED) is 0.710. The number of methoxy groups -OCH3 is 1. The summed E-state index contributed by atoms with van der Waals surface area (Å²) in [5.74, 6) is 4.20. The zero-order valence-corrected chi connectivity index (χ0v) is 14.5. The second-order valence-corrected chi connectivity index (χ2v) is 6.87. The molecular formula is C17H20N8O. The molecule has 134 valence electrons. The van der Waals surface area contributed by atoms with Gasteiger partial charge in [0.2, 0.25) is 11.8 Å². The largest absolute Gasteiger partial charge is 0.481 e. The molecule has 3 aromatic rings. The molecule has 0 atom stereocenters. The van der Waals surface area contributed by atoms with E-state index in [-0.39, 0.29) is 0 Å². The Bertz CT molecular complexity index is 931. The van der Waals surface area contributed by atoms with Gasteiger partial charge in [0.05, 0.1) is 7.11 Å². The van der Waals surface area contributed by atoms with Crippen LogP contribution in [0.4, 0.5) is 11.8 Å². The number of nitrogens with zero attached hydrogens (tertiary/aromatic N) is 7. The Balaban J connectivity index is 1.21. The summed E-state index contributed by atoms with van der Waals surface area (Å²) in [5.41, 5.74) is 0.824. The van der Waals surface area contributed by atoms with Crippen LogP contribution in [0.5, 0.6) is 5.88 Å². The molecule has 0 spiro atoms. The van der Waals surface area contributed by atoms with Gasteiger partial charge in [0.15, 0.2) is 11.5 Å². The highest BCUT2D eigenvalue weighted by molar-refractivity contribution is 5.48. The number of fused-ring (bicyclic) bond motifs is 1. The maximum absolute atomic E-state index is 5.12. The summed E-state index contributed by atoms with van der Waals surface area (Å²) in [7, 11) is 1.60. The van der Waals surface area contributed by atoms with E-state index in [4.69, 9.17) is 9.84 Å². The van der Waals surface area contributed by atoms with Gasteiger partial charge in [-0.05, 0) is 25.0 Å². The smallest absolute Gasteiger partial charge is 0.225 e. The van der Waals surface area contributed by atoms with Gasteiger partial charge in [-0.15, -0.1) is 15.3 Å². The van der Waals surface area contributed by atoms with Crippen molar-refractivity contribution >= 4 is 17.4 Å². The van der Waals surface area contributed by atoms with Gasteiger partial charge in [-0.1, -0.05) is 0 Å². The molecule has 0 radical (unpaired) electrons. The average Bonchev–Trinajstić information content (AvgIpc) is 3.40. The molecule has 26 heavy (non-hydrogen) atoms. The Hall–Kier alpha value is -2.97. The van der Waals surface area contributed by atoms with Gasteiger partial charge in [0, 0.05) is 43.7 Å². The monoisotopic (exact) mass is 352 g/mol. The van der Waals surface area contributed by atoms with Crippen molar-refractivity contribution in [3.05, 3.63) is 30.2 Å². The number of hydrogen-bond donors (Lipinski definition) is 1. The molecule has 2 aliphatic rings. The Morgan fingerprint density at radius 1 is 1.19 bits per heavy atom. The van der Waals surface area contributed by atoms with Crippen LogP contribution in [0, 0.1) is 5.92 Å². The summed E-state index contributed by atoms with van der Waals surface area (Å²) in [6.45, 7) is 2.73. The summed E-state index contributed by atoms with van der Waals surface area (Å²) in [6.07, 6.45) is 4.07. The first-order valence-corrected chi connectivity index (χ1v) is 8.88. The minimum atomic E-state index is 0.531. The zero-order valence-electron chi connectivity index (χ0n) is 14.5. The van der Waals surface area contributed by atoms with Crippen molar-refractivity contribution in [1.82, 2.24) is 29.8 Å². The van der Waals surface area contributed by atoms with Crippen molar-refractivity contribution in [2.45, 2.75) is 18.8 Å². The fraction of sp³-hybridized carbons (Fsp3) is 0.471. The number of nitrogens with one attached hydrogen (secondary N) is 1. The van der Waals surface area contributed by atoms with Gasteiger partial charge in [-0.3, -0.25) is 0 Å². The molecule has 0 aromatic carbocycles. The van der Waals surface area contributed by atoms with Gasteiger partial charge in [-0.2, -0.15) is 9.50 Å². The first-order valence-electron chi connectivity index (χ1n) is 8.88. The Morgan fingerprint density at radius 3 is 2.88 bits per heavy atom. The predicted molar refractivity (Wildman–Crippen MR) is 95.5 cm³/mol. The molecule has 0 bridgehead atoms. The van der Waals surface area contributed by atoms with Crippen molar-refractivity contribution in [3.8, 4) is 5.88 Å². The van der Waals surface area contributed by atoms with Crippen LogP contribution >= 0.6 is 0 Å². The third-order valence-electron chi connectivity index (χ3n) is 4.88. The average molecular weight is 352 g/mol. The van der Waals surface area contributed by atoms with Crippen LogP contribution < -0.4 is 15.0 Å². The normalized spacial score (nSPS) is 17.3. The summed E-state index contributed by atoms with van der Waals surface area (Å²) in [5, 5.41) is 16.5. The molecule has 0 unspecified atom stereocenters. The van der Waals surface area contributed by atoms with Crippen molar-refractivity contribution < 1.29 is 4.74 Å². The SMILES string of the molecule is COc1ccnc(NCC2CN(c3ccc4nnc(C5CC5)n4n3)C2)n1. The van der Waals surface area contributed by atoms with Gasteiger partial charge in [0.1, 0.15) is 5.82 Å². The maximum atomic E-state index is 5.12. The number of rotatable bonds is 6. The van der Waals surface area contributed by atoms with Gasteiger partial charge >= 0.3 is 0 Å². The molecule has 1 N–H and O–H groups in total. The minimum absolute atomic E-state index is 0.531. The van der Waals surface area contributed by atoms with Crippen LogP contribution in [-0.4, -0.2) is 56.5 Å². The molecule has 9 nitrogen and oxygen atoms in total. The third kappa shape index (κ3) is 2.79. The van der Waals surface area contributed by atoms with Gasteiger partial charge < -0.3 is 15.0 Å². The lowest BCUT2D eigenvalue weighted by molar-refractivity contribution is 0.396. The summed E-state index contributed by atoms with van der Waals surface area (Å²) in [4.78, 5) is 10.8. The maximum Gasteiger partial charge on any atom is 0.225 e. The van der Waals surface area contributed by atoms with E-state index in [0.29, 0.717) is 23.7 Å². The fourth-order valence-electron chi connectivity index (χ4n) is 3.22. The molecule has 5 rings (SSSR count). The molecule has 1 saturated carbocycles. The molecular weight excluding hydrogens is 332 g/mol. The van der Waals surface area contributed by atoms with Crippen molar-refractivity contribution in [3.63, 3.8) is 0 Å². The highest BCUT2D eigenvalue weighted by Crippen LogP contribution is 2.38. The van der Waals surface area contributed by atoms with Crippen LogP contribution in [0.3, 0.4) is 0 Å². The molecule has 1 aliphatic heterocycles. The van der Waals surface area contributed by atoms with Crippen molar-refractivity contribution in [2.24, 2.45) is 5.92 Å². The van der Waals surface area contributed by atoms with E-state index in [0.717, 1.165) is 36.9 Å². The first-order chi connectivity index (χ1) is 12.8. The molecule has 9 heteroatoms. The fourth-order valence-corrected chi connectivity index (χ4v) is 3.22. The minimum Gasteiger partial charge on any atom is -0.481 e. The van der Waals surface area contributed by atoms with E-state index in [2.05, 4.69) is 30.4 Å². The molecule has 2 fully saturated rings. The highest BCUT2D eigenvalue weighted by Gasteiger charge is 2.31. The van der Waals surface area contributed by atoms with Crippen LogP contribution in [0.25, 0.3) is 5.65 Å². The lowest BCUT2D eigenvalue weighted by Gasteiger charge is -2.40. The van der Waals surface area contributed by atoms with Crippen molar-refractivity contribution in [2.75, 3.05) is 37.0 Å². The lowest BCUT2D eigenvalue weighted by Crippen LogP contribution is -2.50. The second-order valence-electron chi connectivity index (χ2n) is 6.87. The van der Waals surface area contributed by atoms with E-state index < -0.39 is 0 Å². The Kier molecular flexibility index (Phi) is 3.58. The zero-order chi connectivity index (χ0) is 17.5. The van der Waals surface area contributed by atoms with E-state index >= 15 is 0 Å². The molecule has 1 aliphatic carbocycles. The van der Waals surface area contributed by atoms with E-state index in [1.165, 1.54) is 12.8 Å². The van der Waals surface area contributed by atoms with E-state index in [9.17, 15) is 0 Å². The summed E-state index contributed by atoms with van der Waals surface area (Å²) >= 11 is 0. The third-order valence-corrected chi connectivity index (χ3v) is 4.88. The van der Waals surface area contributed by atoms with Crippen LogP contribution in [0.15, 0.2) is 24.4 Å². The van der Waals surface area contributed by atoms with Crippen LogP contribution in [-0.2, 0) is 0 Å². The van der Waals surface area contributed by atoms with Crippen LogP contribution in [0.1, 0.15) is 24.6 Å². The number of ether oxygens (including phenoxy) is 1. The number of anilines is 2. The molecule has 0 amide bonds. The summed E-state index contributed by atoms with van der Waals surface area (Å²) in [6, 6.07) is 5.76. The van der Waals surface area contributed by atoms with Gasteiger partial charge in [0.25, 0.3) is 0 Å². The van der Waals surface area contributed by atoms with E-state index in [1.807, 2.05) is 16.6 Å². The summed E-state index contributed by atoms with van der Waals surface area (Å²) < 4.78 is 7.02. The standard InChI is InChI=1S/C17H20N8O/c1-26-15-6-7-18-17(20-15)19-8-11-9-24(10-11)14-5-4-13-21-22-16(12-2-3-12)25(13)23-14/h4-7,11-12H,2-3,8-10H2,1H3,(H,18,19,20). The predicted octanol–water partition coefficient (Wildman–Crippen LogP) is 1.35. The molecule has 4 heterocycles. The topological polar surface area (TPSA) is 93.4 Å². The Labute approximate surface area is 150 Å². The number of aromatic nitrogens is 6. The number of hydrogen-bond acceptors (Lipinski definition) is 8. The van der Waals surface area contributed by atoms with Crippen molar-refractivity contribution in [1.29, 1.82) is 0 Å². The van der Waals surface area contributed by atoms with Gasteiger partial charge in [-0.25, -0.2) is 4.98 Å². The molecule has 1 saturated heterocycles.